The predicted octanol–water partition coefficient (Wildman–Crippen LogP) is 2.82. The maximum absolute atomic E-state index is 12.1. The van der Waals surface area contributed by atoms with Gasteiger partial charge in [-0.3, -0.25) is 4.79 Å². The van der Waals surface area contributed by atoms with Crippen molar-refractivity contribution in [1.29, 1.82) is 0 Å². The molecule has 20 heavy (non-hydrogen) atoms. The molecule has 3 nitrogen and oxygen atoms in total. The van der Waals surface area contributed by atoms with Gasteiger partial charge in [0.15, 0.2) is 0 Å². The first-order valence-electron chi connectivity index (χ1n) is 6.50. The fourth-order valence-electron chi connectivity index (χ4n) is 2.09. The van der Waals surface area contributed by atoms with Crippen molar-refractivity contribution in [2.75, 3.05) is 5.43 Å². The van der Waals surface area contributed by atoms with Gasteiger partial charge in [0.25, 0.3) is 0 Å². The van der Waals surface area contributed by atoms with E-state index in [4.69, 9.17) is 0 Å². The van der Waals surface area contributed by atoms with Crippen LogP contribution in [0.4, 0.5) is 0 Å². The minimum absolute atomic E-state index is 0.120. The van der Waals surface area contributed by atoms with Gasteiger partial charge in [0.2, 0.25) is 12.4 Å². The van der Waals surface area contributed by atoms with Crippen molar-refractivity contribution in [1.82, 2.24) is 0 Å². The fraction of sp³-hybridized carbons (Fsp3) is 0.0588. The van der Waals surface area contributed by atoms with Crippen molar-refractivity contribution in [3.63, 3.8) is 0 Å². The molecule has 1 heterocycles. The minimum atomic E-state index is -0.120. The molecule has 2 aromatic carbocycles. The van der Waals surface area contributed by atoms with Crippen LogP contribution >= 0.6 is 0 Å². The maximum Gasteiger partial charge on any atom is 0.305 e. The zero-order chi connectivity index (χ0) is 13.9. The van der Waals surface area contributed by atoms with Gasteiger partial charge in [0, 0.05) is 17.0 Å². The van der Waals surface area contributed by atoms with Crippen molar-refractivity contribution in [3.8, 4) is 0 Å². The van der Waals surface area contributed by atoms with Crippen molar-refractivity contribution in [2.24, 2.45) is 0 Å². The molecule has 3 aromatic rings. The lowest BCUT2D eigenvalue weighted by atomic mass is 10.1. The molecule has 1 N–H and O–H groups in total. The lowest BCUT2D eigenvalue weighted by Gasteiger charge is -2.01. The molecule has 1 aromatic heterocycles. The number of rotatable bonds is 2. The first-order chi connectivity index (χ1) is 9.72. The molecule has 0 aliphatic heterocycles. The Morgan fingerprint density at radius 1 is 0.950 bits per heavy atom. The number of aryl methyl sites for hydroxylation is 1. The Hall–Kier alpha value is -2.68. The van der Waals surface area contributed by atoms with Gasteiger partial charge < -0.3 is 0 Å². The van der Waals surface area contributed by atoms with Gasteiger partial charge >= 0.3 is 5.91 Å². The van der Waals surface area contributed by atoms with Gasteiger partial charge in [-0.25, -0.2) is 0 Å². The summed E-state index contributed by atoms with van der Waals surface area (Å²) in [6, 6.07) is 17.5. The van der Waals surface area contributed by atoms with Crippen molar-refractivity contribution >= 4 is 16.7 Å². The SMILES string of the molecule is Cc1ccc(C(=O)N[n+]2ccc3ccccc3c2)cc1. The average molecular weight is 263 g/mol. The molecule has 0 saturated carbocycles. The minimum Gasteiger partial charge on any atom is -0.264 e. The third-order valence-electron chi connectivity index (χ3n) is 3.23. The molecule has 1 amide bonds. The van der Waals surface area contributed by atoms with Crippen LogP contribution in [0.15, 0.2) is 67.0 Å². The molecule has 98 valence electrons. The molecule has 0 saturated heterocycles. The third kappa shape index (κ3) is 2.52. The summed E-state index contributed by atoms with van der Waals surface area (Å²) in [4.78, 5) is 12.1. The van der Waals surface area contributed by atoms with Crippen LogP contribution in [0, 0.1) is 6.92 Å². The van der Waals surface area contributed by atoms with Crippen LogP contribution < -0.4 is 10.1 Å². The highest BCUT2D eigenvalue weighted by molar-refractivity contribution is 5.98. The summed E-state index contributed by atoms with van der Waals surface area (Å²) < 4.78 is 1.69. The second-order valence-electron chi connectivity index (χ2n) is 4.79. The molecular weight excluding hydrogens is 248 g/mol. The molecule has 0 aliphatic carbocycles. The number of hydrogen-bond donors (Lipinski definition) is 1. The molecule has 0 bridgehead atoms. The van der Waals surface area contributed by atoms with Crippen LogP contribution in [0.3, 0.4) is 0 Å². The molecule has 0 radical (unpaired) electrons. The molecule has 0 unspecified atom stereocenters. The quantitative estimate of drug-likeness (QED) is 0.709. The first kappa shape index (κ1) is 12.4. The summed E-state index contributed by atoms with van der Waals surface area (Å²) in [5.41, 5.74) is 4.64. The van der Waals surface area contributed by atoms with E-state index >= 15 is 0 Å². The van der Waals surface area contributed by atoms with E-state index in [-0.39, 0.29) is 5.91 Å². The Bertz CT molecular complexity index is 763. The molecule has 0 atom stereocenters. The number of nitrogens with one attached hydrogen (secondary N) is 1. The molecule has 0 fully saturated rings. The highest BCUT2D eigenvalue weighted by Crippen LogP contribution is 2.09. The standard InChI is InChI=1S/C17H14N2O/c1-13-6-8-15(9-7-13)17(20)18-19-11-10-14-4-2-3-5-16(14)12-19/h2-12H,1H3/p+1. The van der Waals surface area contributed by atoms with E-state index < -0.39 is 0 Å². The summed E-state index contributed by atoms with van der Waals surface area (Å²) in [5.74, 6) is -0.120. The zero-order valence-electron chi connectivity index (χ0n) is 11.2. The highest BCUT2D eigenvalue weighted by atomic mass is 16.2. The number of nitrogens with zero attached hydrogens (tertiary/aromatic N) is 1. The van der Waals surface area contributed by atoms with Crippen LogP contribution in [0.25, 0.3) is 10.8 Å². The topological polar surface area (TPSA) is 33.0 Å². The number of pyridine rings is 1. The van der Waals surface area contributed by atoms with Crippen molar-refractivity contribution in [2.45, 2.75) is 6.92 Å². The largest absolute Gasteiger partial charge is 0.305 e. The number of fused-ring (bicyclic) bond motifs is 1. The van der Waals surface area contributed by atoms with Gasteiger partial charge in [0.1, 0.15) is 0 Å². The average Bonchev–Trinajstić information content (AvgIpc) is 2.48. The van der Waals surface area contributed by atoms with Crippen LogP contribution in [0.2, 0.25) is 0 Å². The Morgan fingerprint density at radius 3 is 2.40 bits per heavy atom. The second-order valence-corrected chi connectivity index (χ2v) is 4.79. The Morgan fingerprint density at radius 2 is 1.65 bits per heavy atom. The van der Waals surface area contributed by atoms with Gasteiger partial charge in [-0.05, 0) is 30.5 Å². The molecule has 3 heteroatoms. The van der Waals surface area contributed by atoms with Crippen LogP contribution in [-0.2, 0) is 0 Å². The van der Waals surface area contributed by atoms with Gasteiger partial charge in [0.05, 0.1) is 0 Å². The molecule has 3 rings (SSSR count). The smallest absolute Gasteiger partial charge is 0.264 e. The Labute approximate surface area is 117 Å². The molecule has 0 aliphatic rings. The van der Waals surface area contributed by atoms with Gasteiger partial charge in [-0.2, -0.15) is 0 Å². The fourth-order valence-corrected chi connectivity index (χ4v) is 2.09. The van der Waals surface area contributed by atoms with Crippen LogP contribution in [-0.4, -0.2) is 5.91 Å². The number of amides is 1. The number of hydrogen-bond acceptors (Lipinski definition) is 1. The van der Waals surface area contributed by atoms with E-state index in [9.17, 15) is 4.79 Å². The maximum atomic E-state index is 12.1. The summed E-state index contributed by atoms with van der Waals surface area (Å²) in [7, 11) is 0. The van der Waals surface area contributed by atoms with E-state index in [0.717, 1.165) is 16.3 Å². The zero-order valence-corrected chi connectivity index (χ0v) is 11.2. The number of carbonyl (C=O) groups excluding carboxylic acids is 1. The molecule has 0 spiro atoms. The normalized spacial score (nSPS) is 10.4. The Kier molecular flexibility index (Phi) is 3.17. The summed E-state index contributed by atoms with van der Waals surface area (Å²) in [6.07, 6.45) is 3.75. The van der Waals surface area contributed by atoms with E-state index in [1.54, 1.807) is 4.68 Å². The number of benzene rings is 2. The Balaban J connectivity index is 1.85. The summed E-state index contributed by atoms with van der Waals surface area (Å²) in [5, 5.41) is 2.23. The van der Waals surface area contributed by atoms with Gasteiger partial charge in [-0.1, -0.05) is 40.6 Å². The van der Waals surface area contributed by atoms with Crippen LogP contribution in [0.5, 0.6) is 0 Å². The highest BCUT2D eigenvalue weighted by Gasteiger charge is 2.10. The predicted molar refractivity (Wildman–Crippen MR) is 79.0 cm³/mol. The lowest BCUT2D eigenvalue weighted by molar-refractivity contribution is -0.639. The van der Waals surface area contributed by atoms with E-state index in [1.807, 2.05) is 73.9 Å². The van der Waals surface area contributed by atoms with E-state index in [0.29, 0.717) is 5.56 Å². The van der Waals surface area contributed by atoms with Crippen molar-refractivity contribution in [3.05, 3.63) is 78.1 Å². The summed E-state index contributed by atoms with van der Waals surface area (Å²) in [6.45, 7) is 2.00. The third-order valence-corrected chi connectivity index (χ3v) is 3.23. The second kappa shape index (κ2) is 5.13. The van der Waals surface area contributed by atoms with E-state index in [1.165, 1.54) is 0 Å². The molecular formula is C17H15N2O+. The summed E-state index contributed by atoms with van der Waals surface area (Å²) >= 11 is 0. The van der Waals surface area contributed by atoms with E-state index in [2.05, 4.69) is 5.43 Å². The lowest BCUT2D eigenvalue weighted by Crippen LogP contribution is -2.47. The van der Waals surface area contributed by atoms with Crippen LogP contribution in [0.1, 0.15) is 15.9 Å². The first-order valence-corrected chi connectivity index (χ1v) is 6.50. The monoisotopic (exact) mass is 263 g/mol. The van der Waals surface area contributed by atoms with Crippen molar-refractivity contribution < 1.29 is 9.47 Å². The van der Waals surface area contributed by atoms with Gasteiger partial charge in [-0.15, -0.1) is 5.43 Å². The number of aromatic nitrogens is 1. The number of carbonyl (C=O) groups is 1.